The van der Waals surface area contributed by atoms with Gasteiger partial charge in [-0.1, -0.05) is 27.5 Å². The summed E-state index contributed by atoms with van der Waals surface area (Å²) in [6.45, 7) is 0.0902. The van der Waals surface area contributed by atoms with Gasteiger partial charge in [0.2, 0.25) is 0 Å². The van der Waals surface area contributed by atoms with Crippen LogP contribution in [-0.2, 0) is 4.79 Å². The van der Waals surface area contributed by atoms with E-state index in [2.05, 4.69) is 15.9 Å². The standard InChI is InChI=1S/C9H8BrClO2/c10-5-8(12)6-13-9-3-1-7(11)2-4-9/h1-4H,5-6H2. The average molecular weight is 264 g/mol. The molecule has 0 aliphatic heterocycles. The number of Topliss-reactive ketones (excluding diaryl/α,β-unsaturated/α-hetero) is 1. The summed E-state index contributed by atoms with van der Waals surface area (Å²) in [5.74, 6) is 0.661. The Morgan fingerprint density at radius 1 is 1.38 bits per heavy atom. The molecule has 13 heavy (non-hydrogen) atoms. The number of rotatable bonds is 4. The monoisotopic (exact) mass is 262 g/mol. The summed E-state index contributed by atoms with van der Waals surface area (Å²) in [7, 11) is 0. The fourth-order valence-electron chi connectivity index (χ4n) is 0.733. The molecule has 0 N–H and O–H groups in total. The van der Waals surface area contributed by atoms with Gasteiger partial charge in [0.15, 0.2) is 5.78 Å². The summed E-state index contributed by atoms with van der Waals surface area (Å²) < 4.78 is 5.18. The van der Waals surface area contributed by atoms with Crippen LogP contribution in [0.2, 0.25) is 5.02 Å². The highest BCUT2D eigenvalue weighted by atomic mass is 79.9. The van der Waals surface area contributed by atoms with E-state index in [9.17, 15) is 4.79 Å². The lowest BCUT2D eigenvalue weighted by molar-refractivity contribution is -0.118. The van der Waals surface area contributed by atoms with Gasteiger partial charge in [0, 0.05) is 5.02 Å². The second kappa shape index (κ2) is 5.25. The Labute approximate surface area is 90.0 Å². The van der Waals surface area contributed by atoms with Crippen LogP contribution in [0.15, 0.2) is 24.3 Å². The zero-order valence-corrected chi connectivity index (χ0v) is 9.14. The molecule has 0 radical (unpaired) electrons. The van der Waals surface area contributed by atoms with Gasteiger partial charge in [-0.3, -0.25) is 4.79 Å². The van der Waals surface area contributed by atoms with Crippen molar-refractivity contribution in [2.24, 2.45) is 0 Å². The van der Waals surface area contributed by atoms with Gasteiger partial charge in [-0.15, -0.1) is 0 Å². The highest BCUT2D eigenvalue weighted by molar-refractivity contribution is 9.09. The zero-order chi connectivity index (χ0) is 9.68. The fraction of sp³-hybridized carbons (Fsp3) is 0.222. The molecule has 0 spiro atoms. The lowest BCUT2D eigenvalue weighted by atomic mass is 10.3. The fourth-order valence-corrected chi connectivity index (χ4v) is 1.02. The van der Waals surface area contributed by atoms with Gasteiger partial charge in [0.1, 0.15) is 12.4 Å². The number of carbonyl (C=O) groups excluding carboxylic acids is 1. The number of alkyl halides is 1. The van der Waals surface area contributed by atoms with Crippen LogP contribution in [0.1, 0.15) is 0 Å². The Morgan fingerprint density at radius 2 is 2.00 bits per heavy atom. The van der Waals surface area contributed by atoms with Crippen LogP contribution in [-0.4, -0.2) is 17.7 Å². The quantitative estimate of drug-likeness (QED) is 0.781. The van der Waals surface area contributed by atoms with Gasteiger partial charge in [-0.2, -0.15) is 0 Å². The van der Waals surface area contributed by atoms with Gasteiger partial charge in [0.25, 0.3) is 0 Å². The van der Waals surface area contributed by atoms with E-state index in [1.54, 1.807) is 24.3 Å². The maximum absolute atomic E-state index is 10.9. The molecule has 0 amide bonds. The molecule has 0 unspecified atom stereocenters. The molecule has 70 valence electrons. The van der Waals surface area contributed by atoms with Crippen molar-refractivity contribution in [2.45, 2.75) is 0 Å². The largest absolute Gasteiger partial charge is 0.486 e. The first-order valence-electron chi connectivity index (χ1n) is 3.68. The molecule has 0 fully saturated rings. The number of carbonyl (C=O) groups is 1. The van der Waals surface area contributed by atoms with E-state index >= 15 is 0 Å². The predicted molar refractivity (Wildman–Crippen MR) is 55.7 cm³/mol. The van der Waals surface area contributed by atoms with Crippen LogP contribution in [0.25, 0.3) is 0 Å². The van der Waals surface area contributed by atoms with Gasteiger partial charge in [-0.05, 0) is 24.3 Å². The Morgan fingerprint density at radius 3 is 2.54 bits per heavy atom. The molecule has 1 rings (SSSR count). The number of hydrogen-bond donors (Lipinski definition) is 0. The van der Waals surface area contributed by atoms with E-state index in [4.69, 9.17) is 16.3 Å². The highest BCUT2D eigenvalue weighted by Crippen LogP contribution is 2.15. The molecule has 2 nitrogen and oxygen atoms in total. The number of hydrogen-bond acceptors (Lipinski definition) is 2. The maximum Gasteiger partial charge on any atom is 0.180 e. The van der Waals surface area contributed by atoms with Crippen LogP contribution in [0.4, 0.5) is 0 Å². The van der Waals surface area contributed by atoms with Crippen molar-refractivity contribution in [1.29, 1.82) is 0 Å². The molecule has 4 heteroatoms. The van der Waals surface area contributed by atoms with Gasteiger partial charge >= 0.3 is 0 Å². The number of benzene rings is 1. The smallest absolute Gasteiger partial charge is 0.180 e. The molecule has 1 aromatic carbocycles. The Hall–Kier alpha value is -0.540. The van der Waals surface area contributed by atoms with E-state index in [0.29, 0.717) is 16.1 Å². The van der Waals surface area contributed by atoms with Crippen LogP contribution in [0.3, 0.4) is 0 Å². The van der Waals surface area contributed by atoms with E-state index in [-0.39, 0.29) is 12.4 Å². The third-order valence-corrected chi connectivity index (χ3v) is 2.24. The molecule has 0 bridgehead atoms. The summed E-state index contributed by atoms with van der Waals surface area (Å²) in [5, 5.41) is 0.972. The molecule has 0 heterocycles. The minimum absolute atomic E-state index is 0.00921. The molecule has 0 aliphatic rings. The maximum atomic E-state index is 10.9. The summed E-state index contributed by atoms with van der Waals surface area (Å²) in [6, 6.07) is 6.89. The first kappa shape index (κ1) is 10.5. The van der Waals surface area contributed by atoms with E-state index in [1.807, 2.05) is 0 Å². The first-order chi connectivity index (χ1) is 6.22. The van der Waals surface area contributed by atoms with Crippen molar-refractivity contribution < 1.29 is 9.53 Å². The van der Waals surface area contributed by atoms with Gasteiger partial charge < -0.3 is 4.74 Å². The van der Waals surface area contributed by atoms with E-state index < -0.39 is 0 Å². The van der Waals surface area contributed by atoms with Crippen molar-refractivity contribution in [2.75, 3.05) is 11.9 Å². The molecule has 0 atom stereocenters. The summed E-state index contributed by atoms with van der Waals surface area (Å²) in [6.07, 6.45) is 0. The van der Waals surface area contributed by atoms with Crippen LogP contribution in [0, 0.1) is 0 Å². The minimum atomic E-state index is 0.00921. The Balaban J connectivity index is 2.46. The lowest BCUT2D eigenvalue weighted by Gasteiger charge is -2.03. The third-order valence-electron chi connectivity index (χ3n) is 1.36. The Kier molecular flexibility index (Phi) is 4.25. The van der Waals surface area contributed by atoms with Crippen LogP contribution in [0.5, 0.6) is 5.75 Å². The van der Waals surface area contributed by atoms with Crippen LogP contribution >= 0.6 is 27.5 Å². The van der Waals surface area contributed by atoms with Gasteiger partial charge in [0.05, 0.1) is 5.33 Å². The first-order valence-corrected chi connectivity index (χ1v) is 5.18. The van der Waals surface area contributed by atoms with Crippen molar-refractivity contribution in [1.82, 2.24) is 0 Å². The van der Waals surface area contributed by atoms with Crippen molar-refractivity contribution >= 4 is 33.3 Å². The second-order valence-electron chi connectivity index (χ2n) is 2.41. The van der Waals surface area contributed by atoms with Gasteiger partial charge in [-0.25, -0.2) is 0 Å². The summed E-state index contributed by atoms with van der Waals surface area (Å²) in [5.41, 5.74) is 0. The zero-order valence-electron chi connectivity index (χ0n) is 6.80. The molecule has 0 saturated heterocycles. The molecular formula is C9H8BrClO2. The van der Waals surface area contributed by atoms with E-state index in [1.165, 1.54) is 0 Å². The molecular weight excluding hydrogens is 255 g/mol. The van der Waals surface area contributed by atoms with Crippen molar-refractivity contribution in [3.05, 3.63) is 29.3 Å². The number of halogens is 2. The predicted octanol–water partition coefficient (Wildman–Crippen LogP) is 2.68. The summed E-state index contributed by atoms with van der Waals surface area (Å²) >= 11 is 8.72. The van der Waals surface area contributed by atoms with E-state index in [0.717, 1.165) is 0 Å². The number of ether oxygens (including phenoxy) is 1. The highest BCUT2D eigenvalue weighted by Gasteiger charge is 1.99. The van der Waals surface area contributed by atoms with Crippen molar-refractivity contribution in [3.63, 3.8) is 0 Å². The van der Waals surface area contributed by atoms with Crippen LogP contribution < -0.4 is 4.74 Å². The average Bonchev–Trinajstić information content (AvgIpc) is 2.16. The molecule has 0 aromatic heterocycles. The Bertz CT molecular complexity index is 284. The molecule has 0 saturated carbocycles. The third kappa shape index (κ3) is 3.79. The lowest BCUT2D eigenvalue weighted by Crippen LogP contribution is -2.11. The second-order valence-corrected chi connectivity index (χ2v) is 3.41. The topological polar surface area (TPSA) is 26.3 Å². The SMILES string of the molecule is O=C(CBr)COc1ccc(Cl)cc1. The van der Waals surface area contributed by atoms with Crippen molar-refractivity contribution in [3.8, 4) is 5.75 Å². The normalized spacial score (nSPS) is 9.69. The molecule has 0 aliphatic carbocycles. The molecule has 1 aromatic rings. The summed E-state index contributed by atoms with van der Waals surface area (Å²) in [4.78, 5) is 10.9. The minimum Gasteiger partial charge on any atom is -0.486 e. The number of ketones is 1.